The van der Waals surface area contributed by atoms with Crippen molar-refractivity contribution in [2.24, 2.45) is 0 Å². The van der Waals surface area contributed by atoms with Gasteiger partial charge < -0.3 is 10.6 Å². The van der Waals surface area contributed by atoms with E-state index in [9.17, 15) is 4.79 Å². The van der Waals surface area contributed by atoms with Crippen molar-refractivity contribution in [3.63, 3.8) is 0 Å². The number of piperazine rings is 1. The maximum Gasteiger partial charge on any atom is 0.240 e. The molecule has 1 atom stereocenters. The van der Waals surface area contributed by atoms with Gasteiger partial charge in [-0.3, -0.25) is 4.79 Å². The summed E-state index contributed by atoms with van der Waals surface area (Å²) in [5.74, 6) is 0.190. The van der Waals surface area contributed by atoms with E-state index in [4.69, 9.17) is 0 Å². The van der Waals surface area contributed by atoms with Gasteiger partial charge in [0.05, 0.1) is 11.6 Å². The number of hydrogen-bond donors (Lipinski definition) is 2. The molecule has 90 valence electrons. The lowest BCUT2D eigenvalue weighted by Gasteiger charge is -2.38. The minimum atomic E-state index is -0.259. The third kappa shape index (κ3) is 1.84. The van der Waals surface area contributed by atoms with E-state index in [1.165, 1.54) is 5.56 Å². The molecule has 0 aromatic heterocycles. The summed E-state index contributed by atoms with van der Waals surface area (Å²) in [6, 6.07) is 10.3. The maximum absolute atomic E-state index is 12.2. The highest BCUT2D eigenvalue weighted by Gasteiger charge is 2.44. The Morgan fingerprint density at radius 1 is 1.12 bits per heavy atom. The summed E-state index contributed by atoms with van der Waals surface area (Å²) < 4.78 is 0. The summed E-state index contributed by atoms with van der Waals surface area (Å²) in [7, 11) is 0. The van der Waals surface area contributed by atoms with E-state index in [2.05, 4.69) is 22.8 Å². The number of carbonyl (C=O) groups excluding carboxylic acids is 1. The largest absolute Gasteiger partial charge is 0.346 e. The van der Waals surface area contributed by atoms with Crippen LogP contribution in [0.3, 0.4) is 0 Å². The zero-order valence-electron chi connectivity index (χ0n) is 9.91. The van der Waals surface area contributed by atoms with Gasteiger partial charge >= 0.3 is 0 Å². The van der Waals surface area contributed by atoms with Crippen LogP contribution in [0.1, 0.15) is 37.3 Å². The Morgan fingerprint density at radius 3 is 2.47 bits per heavy atom. The summed E-state index contributed by atoms with van der Waals surface area (Å²) in [6.45, 7) is 0.843. The fourth-order valence-corrected chi connectivity index (χ4v) is 2.99. The molecule has 0 bridgehead atoms. The highest BCUT2D eigenvalue weighted by molar-refractivity contribution is 5.87. The Hall–Kier alpha value is -1.35. The topological polar surface area (TPSA) is 41.1 Å². The SMILES string of the molecule is O=C1NC(c2ccccc2)CNC12CCCC2. The lowest BCUT2D eigenvalue weighted by Crippen LogP contribution is -2.62. The van der Waals surface area contributed by atoms with Gasteiger partial charge in [0.2, 0.25) is 5.91 Å². The van der Waals surface area contributed by atoms with Crippen LogP contribution in [0.5, 0.6) is 0 Å². The van der Waals surface area contributed by atoms with Crippen molar-refractivity contribution in [3.8, 4) is 0 Å². The van der Waals surface area contributed by atoms with E-state index in [0.717, 1.165) is 32.2 Å². The smallest absolute Gasteiger partial charge is 0.240 e. The number of rotatable bonds is 1. The Balaban J connectivity index is 1.76. The molecule has 0 radical (unpaired) electrons. The molecule has 1 aliphatic heterocycles. The predicted octanol–water partition coefficient (Wildman–Crippen LogP) is 1.76. The Kier molecular flexibility index (Phi) is 2.63. The maximum atomic E-state index is 12.2. The molecule has 1 aromatic rings. The summed E-state index contributed by atoms with van der Waals surface area (Å²) in [6.07, 6.45) is 4.30. The lowest BCUT2D eigenvalue weighted by atomic mass is 9.91. The first-order valence-corrected chi connectivity index (χ1v) is 6.41. The van der Waals surface area contributed by atoms with Crippen molar-refractivity contribution in [1.29, 1.82) is 0 Å². The number of amides is 1. The molecule has 1 saturated heterocycles. The summed E-state index contributed by atoms with van der Waals surface area (Å²) in [4.78, 5) is 12.2. The second kappa shape index (κ2) is 4.15. The molecule has 1 aliphatic carbocycles. The quantitative estimate of drug-likeness (QED) is 0.772. The van der Waals surface area contributed by atoms with Crippen molar-refractivity contribution >= 4 is 5.91 Å². The lowest BCUT2D eigenvalue weighted by molar-refractivity contribution is -0.130. The standard InChI is InChI=1S/C14H18N2O/c17-13-14(8-4-5-9-14)15-10-12(16-13)11-6-2-1-3-7-11/h1-3,6-7,12,15H,4-5,8-10H2,(H,16,17). The molecule has 1 spiro atoms. The molecule has 2 N–H and O–H groups in total. The molecule has 1 aromatic carbocycles. The van der Waals surface area contributed by atoms with Crippen LogP contribution < -0.4 is 10.6 Å². The fraction of sp³-hybridized carbons (Fsp3) is 0.500. The third-order valence-electron chi connectivity index (χ3n) is 4.04. The van der Waals surface area contributed by atoms with E-state index in [1.807, 2.05) is 18.2 Å². The molecule has 2 aliphatic rings. The van der Waals surface area contributed by atoms with Crippen molar-refractivity contribution in [1.82, 2.24) is 10.6 Å². The van der Waals surface area contributed by atoms with E-state index < -0.39 is 0 Å². The Morgan fingerprint density at radius 2 is 1.82 bits per heavy atom. The highest BCUT2D eigenvalue weighted by atomic mass is 16.2. The summed E-state index contributed by atoms with van der Waals surface area (Å²) >= 11 is 0. The van der Waals surface area contributed by atoms with E-state index >= 15 is 0 Å². The number of benzene rings is 1. The predicted molar refractivity (Wildman–Crippen MR) is 66.5 cm³/mol. The van der Waals surface area contributed by atoms with Crippen LogP contribution in [0.4, 0.5) is 0 Å². The van der Waals surface area contributed by atoms with Crippen molar-refractivity contribution < 1.29 is 4.79 Å². The molecule has 3 nitrogen and oxygen atoms in total. The number of nitrogens with one attached hydrogen (secondary N) is 2. The van der Waals surface area contributed by atoms with Gasteiger partial charge in [-0.05, 0) is 18.4 Å². The normalized spacial score (nSPS) is 27.1. The second-order valence-corrected chi connectivity index (χ2v) is 5.11. The van der Waals surface area contributed by atoms with Crippen LogP contribution in [-0.4, -0.2) is 18.0 Å². The van der Waals surface area contributed by atoms with Crippen LogP contribution in [0.15, 0.2) is 30.3 Å². The van der Waals surface area contributed by atoms with Gasteiger partial charge in [0, 0.05) is 6.54 Å². The summed E-state index contributed by atoms with van der Waals surface area (Å²) in [5.41, 5.74) is 0.923. The molecule has 17 heavy (non-hydrogen) atoms. The van der Waals surface area contributed by atoms with Crippen molar-refractivity contribution in [3.05, 3.63) is 35.9 Å². The zero-order valence-corrected chi connectivity index (χ0v) is 9.91. The van der Waals surface area contributed by atoms with Gasteiger partial charge in [-0.1, -0.05) is 43.2 Å². The fourth-order valence-electron chi connectivity index (χ4n) is 2.99. The van der Waals surface area contributed by atoms with Gasteiger partial charge in [-0.15, -0.1) is 0 Å². The van der Waals surface area contributed by atoms with Gasteiger partial charge in [-0.25, -0.2) is 0 Å². The molecule has 3 rings (SSSR count). The molecular weight excluding hydrogens is 212 g/mol. The van der Waals surface area contributed by atoms with E-state index in [1.54, 1.807) is 0 Å². The van der Waals surface area contributed by atoms with Gasteiger partial charge in [0.15, 0.2) is 0 Å². The second-order valence-electron chi connectivity index (χ2n) is 5.11. The molecule has 3 heteroatoms. The van der Waals surface area contributed by atoms with Gasteiger partial charge in [0.1, 0.15) is 0 Å². The molecule has 1 saturated carbocycles. The van der Waals surface area contributed by atoms with Gasteiger partial charge in [0.25, 0.3) is 0 Å². The molecule has 1 amide bonds. The number of carbonyl (C=O) groups is 1. The summed E-state index contributed by atoms with van der Waals surface area (Å²) in [5, 5.41) is 6.64. The van der Waals surface area contributed by atoms with Crippen LogP contribution in [0, 0.1) is 0 Å². The van der Waals surface area contributed by atoms with Crippen LogP contribution in [0.2, 0.25) is 0 Å². The van der Waals surface area contributed by atoms with E-state index in [0.29, 0.717) is 0 Å². The van der Waals surface area contributed by atoms with E-state index in [-0.39, 0.29) is 17.5 Å². The van der Waals surface area contributed by atoms with Crippen LogP contribution >= 0.6 is 0 Å². The first-order chi connectivity index (χ1) is 8.30. The van der Waals surface area contributed by atoms with Gasteiger partial charge in [-0.2, -0.15) is 0 Å². The monoisotopic (exact) mass is 230 g/mol. The van der Waals surface area contributed by atoms with Crippen LogP contribution in [-0.2, 0) is 4.79 Å². The van der Waals surface area contributed by atoms with Crippen molar-refractivity contribution in [2.45, 2.75) is 37.3 Å². The number of hydrogen-bond acceptors (Lipinski definition) is 2. The highest BCUT2D eigenvalue weighted by Crippen LogP contribution is 2.33. The molecule has 2 fully saturated rings. The minimum absolute atomic E-state index is 0.120. The average Bonchev–Trinajstić information content (AvgIpc) is 2.84. The first-order valence-electron chi connectivity index (χ1n) is 6.41. The van der Waals surface area contributed by atoms with Crippen molar-refractivity contribution in [2.75, 3.05) is 6.54 Å². The first kappa shape index (κ1) is 10.8. The minimum Gasteiger partial charge on any atom is -0.346 e. The molecule has 1 heterocycles. The average molecular weight is 230 g/mol. The zero-order chi connectivity index (χ0) is 11.7. The third-order valence-corrected chi connectivity index (χ3v) is 4.04. The Bertz CT molecular complexity index is 409. The Labute approximate surface area is 102 Å². The molecule has 1 unspecified atom stereocenters. The molecular formula is C14H18N2O. The van der Waals surface area contributed by atoms with Crippen LogP contribution in [0.25, 0.3) is 0 Å².